The molecule has 0 amide bonds. The summed E-state index contributed by atoms with van der Waals surface area (Å²) in [5.41, 5.74) is 0. The smallest absolute Gasteiger partial charge is 0.0477 e. The van der Waals surface area contributed by atoms with Crippen LogP contribution in [0.3, 0.4) is 0 Å². The van der Waals surface area contributed by atoms with Gasteiger partial charge in [-0.1, -0.05) is 6.92 Å². The van der Waals surface area contributed by atoms with Gasteiger partial charge in [-0.3, -0.25) is 0 Å². The zero-order valence-electron chi connectivity index (χ0n) is 11.2. The molecule has 1 N–H and O–H groups in total. The molecule has 0 aromatic heterocycles. The quantitative estimate of drug-likeness (QED) is 0.718. The van der Waals surface area contributed by atoms with E-state index in [0.29, 0.717) is 6.04 Å². The van der Waals surface area contributed by atoms with E-state index in [0.717, 1.165) is 25.5 Å². The molecule has 1 aliphatic heterocycles. The Hall–Kier alpha value is -0.120. The maximum Gasteiger partial charge on any atom is 0.0477 e. The molecule has 0 aromatic carbocycles. The molecule has 3 nitrogen and oxygen atoms in total. The Morgan fingerprint density at radius 2 is 2.06 bits per heavy atom. The van der Waals surface area contributed by atoms with Crippen LogP contribution < -0.4 is 5.32 Å². The van der Waals surface area contributed by atoms with Gasteiger partial charge in [-0.15, -0.1) is 0 Å². The number of hydrogen-bond donors (Lipinski definition) is 1. The number of methoxy groups -OCH3 is 1. The highest BCUT2D eigenvalue weighted by Crippen LogP contribution is 2.19. The molecule has 0 spiro atoms. The van der Waals surface area contributed by atoms with Crippen LogP contribution in [0, 0.1) is 5.92 Å². The monoisotopic (exact) mass is 228 g/mol. The van der Waals surface area contributed by atoms with Gasteiger partial charge >= 0.3 is 0 Å². The van der Waals surface area contributed by atoms with Crippen LogP contribution in [0.1, 0.15) is 33.1 Å². The van der Waals surface area contributed by atoms with Crippen LogP contribution in [0.15, 0.2) is 0 Å². The van der Waals surface area contributed by atoms with E-state index in [4.69, 9.17) is 4.74 Å². The lowest BCUT2D eigenvalue weighted by atomic mass is 9.95. The molecule has 1 fully saturated rings. The predicted molar refractivity (Wildman–Crippen MR) is 68.8 cm³/mol. The van der Waals surface area contributed by atoms with Gasteiger partial charge in [0.2, 0.25) is 0 Å². The molecule has 3 heteroatoms. The van der Waals surface area contributed by atoms with E-state index in [1.807, 2.05) is 0 Å². The van der Waals surface area contributed by atoms with Gasteiger partial charge in [0.25, 0.3) is 0 Å². The number of nitrogens with zero attached hydrogens (tertiary/aromatic N) is 1. The third-order valence-electron chi connectivity index (χ3n) is 3.70. The zero-order valence-corrected chi connectivity index (χ0v) is 11.2. The van der Waals surface area contributed by atoms with Crippen molar-refractivity contribution in [1.29, 1.82) is 0 Å². The van der Waals surface area contributed by atoms with E-state index in [1.165, 1.54) is 32.5 Å². The molecule has 0 saturated carbocycles. The fraction of sp³-hybridized carbons (Fsp3) is 1.00. The lowest BCUT2D eigenvalue weighted by Crippen LogP contribution is -2.42. The first-order chi connectivity index (χ1) is 7.77. The molecular formula is C13H28N2O. The normalized spacial score (nSPS) is 21.2. The molecule has 16 heavy (non-hydrogen) atoms. The number of piperidine rings is 1. The van der Waals surface area contributed by atoms with Gasteiger partial charge < -0.3 is 15.0 Å². The Morgan fingerprint density at radius 1 is 1.38 bits per heavy atom. The minimum absolute atomic E-state index is 0.681. The number of hydrogen-bond acceptors (Lipinski definition) is 3. The summed E-state index contributed by atoms with van der Waals surface area (Å²) < 4.78 is 5.14. The van der Waals surface area contributed by atoms with E-state index < -0.39 is 0 Å². The van der Waals surface area contributed by atoms with Crippen LogP contribution in [0.5, 0.6) is 0 Å². The van der Waals surface area contributed by atoms with Crippen molar-refractivity contribution in [2.24, 2.45) is 5.92 Å². The van der Waals surface area contributed by atoms with Crippen molar-refractivity contribution in [1.82, 2.24) is 10.2 Å². The summed E-state index contributed by atoms with van der Waals surface area (Å²) in [6.45, 7) is 10.2. The molecule has 1 unspecified atom stereocenters. The average Bonchev–Trinajstić information content (AvgIpc) is 2.34. The lowest BCUT2D eigenvalue weighted by molar-refractivity contribution is 0.106. The first kappa shape index (κ1) is 13.9. The van der Waals surface area contributed by atoms with Gasteiger partial charge in [0.15, 0.2) is 0 Å². The molecule has 0 aliphatic carbocycles. The highest BCUT2D eigenvalue weighted by atomic mass is 16.5. The van der Waals surface area contributed by atoms with Gasteiger partial charge in [0.1, 0.15) is 0 Å². The van der Waals surface area contributed by atoms with Crippen LogP contribution in [0.25, 0.3) is 0 Å². The van der Waals surface area contributed by atoms with Crippen LogP contribution in [-0.2, 0) is 4.74 Å². The second-order valence-electron chi connectivity index (χ2n) is 4.92. The molecule has 1 aliphatic rings. The molecule has 1 rings (SSSR count). The first-order valence-electron chi connectivity index (χ1n) is 6.71. The average molecular weight is 228 g/mol. The fourth-order valence-electron chi connectivity index (χ4n) is 2.42. The van der Waals surface area contributed by atoms with Crippen molar-refractivity contribution in [2.75, 3.05) is 39.9 Å². The van der Waals surface area contributed by atoms with Gasteiger partial charge in [-0.05, 0) is 58.3 Å². The zero-order chi connectivity index (χ0) is 11.8. The highest BCUT2D eigenvalue weighted by Gasteiger charge is 2.21. The molecule has 0 bridgehead atoms. The van der Waals surface area contributed by atoms with E-state index in [9.17, 15) is 0 Å². The second kappa shape index (κ2) is 8.04. The van der Waals surface area contributed by atoms with E-state index >= 15 is 0 Å². The maximum absolute atomic E-state index is 5.14. The summed E-state index contributed by atoms with van der Waals surface area (Å²) in [6, 6.07) is 0.681. The van der Waals surface area contributed by atoms with Crippen molar-refractivity contribution in [3.63, 3.8) is 0 Å². The Morgan fingerprint density at radius 3 is 2.62 bits per heavy atom. The van der Waals surface area contributed by atoms with Crippen molar-refractivity contribution >= 4 is 0 Å². The summed E-state index contributed by atoms with van der Waals surface area (Å²) in [5.74, 6) is 0.894. The Bertz CT molecular complexity index is 167. The SMILES string of the molecule is CCNCC1CCN(C(C)CCOC)CC1. The van der Waals surface area contributed by atoms with Crippen molar-refractivity contribution in [3.8, 4) is 0 Å². The van der Waals surface area contributed by atoms with Gasteiger partial charge in [-0.25, -0.2) is 0 Å². The molecular weight excluding hydrogens is 200 g/mol. The van der Waals surface area contributed by atoms with Gasteiger partial charge in [0.05, 0.1) is 0 Å². The Balaban J connectivity index is 2.15. The van der Waals surface area contributed by atoms with Gasteiger partial charge in [0, 0.05) is 19.8 Å². The number of likely N-dealkylation sites (tertiary alicyclic amines) is 1. The van der Waals surface area contributed by atoms with Crippen molar-refractivity contribution in [2.45, 2.75) is 39.2 Å². The molecule has 0 aromatic rings. The summed E-state index contributed by atoms with van der Waals surface area (Å²) in [6.07, 6.45) is 3.86. The summed E-state index contributed by atoms with van der Waals surface area (Å²) >= 11 is 0. The molecule has 0 radical (unpaired) electrons. The van der Waals surface area contributed by atoms with Crippen LogP contribution >= 0.6 is 0 Å². The van der Waals surface area contributed by atoms with Crippen molar-refractivity contribution < 1.29 is 4.74 Å². The summed E-state index contributed by atoms with van der Waals surface area (Å²) in [4.78, 5) is 2.61. The maximum atomic E-state index is 5.14. The van der Waals surface area contributed by atoms with Crippen LogP contribution in [0.4, 0.5) is 0 Å². The molecule has 1 heterocycles. The Labute approximate surface area is 101 Å². The third-order valence-corrected chi connectivity index (χ3v) is 3.70. The molecule has 1 saturated heterocycles. The predicted octanol–water partition coefficient (Wildman–Crippen LogP) is 1.73. The third kappa shape index (κ3) is 4.81. The molecule has 96 valence electrons. The first-order valence-corrected chi connectivity index (χ1v) is 6.71. The Kier molecular flexibility index (Phi) is 7.01. The number of rotatable bonds is 7. The minimum atomic E-state index is 0.681. The van der Waals surface area contributed by atoms with E-state index in [1.54, 1.807) is 7.11 Å². The second-order valence-corrected chi connectivity index (χ2v) is 4.92. The molecule has 1 atom stereocenters. The highest BCUT2D eigenvalue weighted by molar-refractivity contribution is 4.77. The summed E-state index contributed by atoms with van der Waals surface area (Å²) in [5, 5.41) is 3.46. The largest absolute Gasteiger partial charge is 0.385 e. The summed E-state index contributed by atoms with van der Waals surface area (Å²) in [7, 11) is 1.79. The topological polar surface area (TPSA) is 24.5 Å². The minimum Gasteiger partial charge on any atom is -0.385 e. The van der Waals surface area contributed by atoms with E-state index in [-0.39, 0.29) is 0 Å². The standard InChI is InChI=1S/C13H28N2O/c1-4-14-11-13-5-8-15(9-6-13)12(2)7-10-16-3/h12-14H,4-11H2,1-3H3. The number of ether oxygens (including phenoxy) is 1. The van der Waals surface area contributed by atoms with E-state index in [2.05, 4.69) is 24.1 Å². The fourth-order valence-corrected chi connectivity index (χ4v) is 2.42. The van der Waals surface area contributed by atoms with Crippen LogP contribution in [-0.4, -0.2) is 50.8 Å². The van der Waals surface area contributed by atoms with Gasteiger partial charge in [-0.2, -0.15) is 0 Å². The van der Waals surface area contributed by atoms with Crippen molar-refractivity contribution in [3.05, 3.63) is 0 Å². The number of nitrogens with one attached hydrogen (secondary N) is 1. The van der Waals surface area contributed by atoms with Crippen LogP contribution in [0.2, 0.25) is 0 Å². The lowest BCUT2D eigenvalue weighted by Gasteiger charge is -2.36.